The van der Waals surface area contributed by atoms with Crippen molar-refractivity contribution in [3.8, 4) is 0 Å². The number of hydrogen-bond acceptors (Lipinski definition) is 2. The number of alkyl halides is 1. The topological polar surface area (TPSA) is 49.4 Å². The first-order valence-corrected chi connectivity index (χ1v) is 5.94. The molecule has 0 bridgehead atoms. The molecule has 0 saturated heterocycles. The summed E-state index contributed by atoms with van der Waals surface area (Å²) in [5, 5.41) is 2.45. The predicted molar refractivity (Wildman–Crippen MR) is 68.2 cm³/mol. The van der Waals surface area contributed by atoms with Gasteiger partial charge >= 0.3 is 11.8 Å². The molecule has 1 N–H and O–H groups in total. The number of hydrogen-bond donors (Lipinski definition) is 1. The lowest BCUT2D eigenvalue weighted by molar-refractivity contribution is -0.137. The van der Waals surface area contributed by atoms with Gasteiger partial charge in [0.2, 0.25) is 0 Å². The van der Waals surface area contributed by atoms with Crippen molar-refractivity contribution in [3.63, 3.8) is 0 Å². The van der Waals surface area contributed by atoms with E-state index in [9.17, 15) is 9.59 Å². The van der Waals surface area contributed by atoms with Gasteiger partial charge in [-0.15, -0.1) is 11.6 Å². The van der Waals surface area contributed by atoms with Gasteiger partial charge in [-0.2, -0.15) is 0 Å². The van der Waals surface area contributed by atoms with E-state index < -0.39 is 11.8 Å². The third-order valence-electron chi connectivity index (χ3n) is 2.20. The Balaban J connectivity index is 2.74. The fourth-order valence-corrected chi connectivity index (χ4v) is 1.50. The lowest BCUT2D eigenvalue weighted by Crippen LogP contribution is -2.43. The first-order valence-electron chi connectivity index (χ1n) is 5.41. The average molecular weight is 255 g/mol. The molecular weight excluding hydrogens is 240 g/mol. The van der Waals surface area contributed by atoms with Gasteiger partial charge in [0.15, 0.2) is 0 Å². The monoisotopic (exact) mass is 254 g/mol. The summed E-state index contributed by atoms with van der Waals surface area (Å²) in [6.45, 7) is 2.55. The Morgan fingerprint density at radius 3 is 2.47 bits per heavy atom. The molecule has 0 fully saturated rings. The maximum Gasteiger partial charge on any atom is 0.316 e. The minimum Gasteiger partial charge on any atom is -0.347 e. The smallest absolute Gasteiger partial charge is 0.316 e. The zero-order valence-corrected chi connectivity index (χ0v) is 10.4. The minimum absolute atomic E-state index is 0.288. The summed E-state index contributed by atoms with van der Waals surface area (Å²) in [4.78, 5) is 24.8. The van der Waals surface area contributed by atoms with Crippen LogP contribution in [0.25, 0.3) is 0 Å². The van der Waals surface area contributed by atoms with Crippen molar-refractivity contribution < 1.29 is 9.59 Å². The maximum absolute atomic E-state index is 11.9. The van der Waals surface area contributed by atoms with E-state index >= 15 is 0 Å². The van der Waals surface area contributed by atoms with E-state index in [1.807, 2.05) is 25.1 Å². The highest BCUT2D eigenvalue weighted by Gasteiger charge is 2.21. The number of rotatable bonds is 4. The Kier molecular flexibility index (Phi) is 5.49. The van der Waals surface area contributed by atoms with Crippen LogP contribution in [-0.2, 0) is 9.59 Å². The van der Waals surface area contributed by atoms with Crippen molar-refractivity contribution in [2.24, 2.45) is 0 Å². The summed E-state index contributed by atoms with van der Waals surface area (Å²) in [6, 6.07) is 9.08. The molecule has 0 spiro atoms. The molecule has 0 aromatic heterocycles. The molecule has 2 amide bonds. The van der Waals surface area contributed by atoms with Gasteiger partial charge in [-0.1, -0.05) is 18.2 Å². The van der Waals surface area contributed by atoms with E-state index in [-0.39, 0.29) is 5.88 Å². The van der Waals surface area contributed by atoms with Crippen LogP contribution >= 0.6 is 11.6 Å². The molecule has 1 aromatic carbocycles. The molecule has 92 valence electrons. The maximum atomic E-state index is 11.9. The number of amides is 2. The Bertz CT molecular complexity index is 381. The third kappa shape index (κ3) is 3.75. The molecule has 0 radical (unpaired) electrons. The van der Waals surface area contributed by atoms with Gasteiger partial charge in [-0.05, 0) is 19.1 Å². The van der Waals surface area contributed by atoms with Crippen LogP contribution in [0.2, 0.25) is 0 Å². The summed E-state index contributed by atoms with van der Waals surface area (Å²) in [6.07, 6.45) is 0. The van der Waals surface area contributed by atoms with Gasteiger partial charge in [0.1, 0.15) is 0 Å². The summed E-state index contributed by atoms with van der Waals surface area (Å²) in [5.41, 5.74) is 0.709. The normalized spacial score (nSPS) is 9.76. The van der Waals surface area contributed by atoms with E-state index in [0.717, 1.165) is 0 Å². The van der Waals surface area contributed by atoms with Gasteiger partial charge in [0, 0.05) is 24.7 Å². The molecule has 4 nitrogen and oxygen atoms in total. The van der Waals surface area contributed by atoms with Gasteiger partial charge in [-0.25, -0.2) is 0 Å². The van der Waals surface area contributed by atoms with Crippen LogP contribution in [-0.4, -0.2) is 30.8 Å². The van der Waals surface area contributed by atoms with E-state index in [1.165, 1.54) is 4.90 Å². The number of benzene rings is 1. The molecule has 0 heterocycles. The zero-order valence-electron chi connectivity index (χ0n) is 9.65. The fraction of sp³-hybridized carbons (Fsp3) is 0.333. The fourth-order valence-electron chi connectivity index (χ4n) is 1.41. The highest BCUT2D eigenvalue weighted by atomic mass is 35.5. The molecule has 1 aromatic rings. The number of carbonyl (C=O) groups excluding carboxylic acids is 2. The highest BCUT2D eigenvalue weighted by Crippen LogP contribution is 2.12. The summed E-state index contributed by atoms with van der Waals surface area (Å²) >= 11 is 5.44. The molecule has 0 unspecified atom stereocenters. The summed E-state index contributed by atoms with van der Waals surface area (Å²) in [5.74, 6) is -0.906. The van der Waals surface area contributed by atoms with Crippen molar-refractivity contribution in [1.29, 1.82) is 0 Å². The Morgan fingerprint density at radius 2 is 1.94 bits per heavy atom. The molecule has 0 aliphatic heterocycles. The minimum atomic E-state index is -0.628. The Morgan fingerprint density at radius 1 is 1.29 bits per heavy atom. The second kappa shape index (κ2) is 6.91. The highest BCUT2D eigenvalue weighted by molar-refractivity contribution is 6.40. The quantitative estimate of drug-likeness (QED) is 0.652. The second-order valence-electron chi connectivity index (χ2n) is 3.33. The van der Waals surface area contributed by atoms with Crippen molar-refractivity contribution in [3.05, 3.63) is 30.3 Å². The van der Waals surface area contributed by atoms with Crippen LogP contribution in [0, 0.1) is 0 Å². The number of nitrogens with zero attached hydrogens (tertiary/aromatic N) is 1. The van der Waals surface area contributed by atoms with Gasteiger partial charge < -0.3 is 10.2 Å². The molecule has 17 heavy (non-hydrogen) atoms. The van der Waals surface area contributed by atoms with Crippen LogP contribution in [0.15, 0.2) is 30.3 Å². The van der Waals surface area contributed by atoms with E-state index in [0.29, 0.717) is 18.8 Å². The molecule has 1 rings (SSSR count). The van der Waals surface area contributed by atoms with Crippen LogP contribution in [0.5, 0.6) is 0 Å². The van der Waals surface area contributed by atoms with E-state index in [4.69, 9.17) is 11.6 Å². The lowest BCUT2D eigenvalue weighted by Gasteiger charge is -2.20. The molecule has 0 saturated carbocycles. The van der Waals surface area contributed by atoms with Crippen molar-refractivity contribution in [1.82, 2.24) is 5.32 Å². The first kappa shape index (κ1) is 13.5. The number of likely N-dealkylation sites (N-methyl/N-ethyl adjacent to an activating group) is 1. The van der Waals surface area contributed by atoms with Crippen LogP contribution in [0.1, 0.15) is 6.92 Å². The number of nitrogens with one attached hydrogen (secondary N) is 1. The summed E-state index contributed by atoms with van der Waals surface area (Å²) in [7, 11) is 0. The number of para-hydroxylation sites is 1. The van der Waals surface area contributed by atoms with E-state index in [2.05, 4.69) is 5.32 Å². The predicted octanol–water partition coefficient (Wildman–Crippen LogP) is 1.39. The van der Waals surface area contributed by atoms with Gasteiger partial charge in [-0.3, -0.25) is 9.59 Å². The average Bonchev–Trinajstić information content (AvgIpc) is 2.38. The number of carbonyl (C=O) groups is 2. The van der Waals surface area contributed by atoms with Crippen LogP contribution < -0.4 is 10.2 Å². The van der Waals surface area contributed by atoms with Gasteiger partial charge in [0.25, 0.3) is 0 Å². The third-order valence-corrected chi connectivity index (χ3v) is 2.39. The summed E-state index contributed by atoms with van der Waals surface area (Å²) < 4.78 is 0. The standard InChI is InChI=1S/C12H15ClN2O2/c1-2-15(10-6-4-3-5-7-10)12(17)11(16)14-9-8-13/h3-7H,2,8-9H2,1H3,(H,14,16). The second-order valence-corrected chi connectivity index (χ2v) is 3.71. The van der Waals surface area contributed by atoms with Crippen LogP contribution in [0.4, 0.5) is 5.69 Å². The Labute approximate surface area is 106 Å². The first-order chi connectivity index (χ1) is 8.20. The van der Waals surface area contributed by atoms with Crippen molar-refractivity contribution >= 4 is 29.1 Å². The molecule has 0 atom stereocenters. The molecule has 5 heteroatoms. The molecule has 0 aliphatic rings. The molecular formula is C12H15ClN2O2. The van der Waals surface area contributed by atoms with E-state index in [1.54, 1.807) is 12.1 Å². The van der Waals surface area contributed by atoms with Crippen molar-refractivity contribution in [2.75, 3.05) is 23.9 Å². The van der Waals surface area contributed by atoms with Crippen LogP contribution in [0.3, 0.4) is 0 Å². The lowest BCUT2D eigenvalue weighted by atomic mass is 10.3. The number of anilines is 1. The zero-order chi connectivity index (χ0) is 12.7. The molecule has 0 aliphatic carbocycles. The SMILES string of the molecule is CCN(C(=O)C(=O)NCCCl)c1ccccc1. The largest absolute Gasteiger partial charge is 0.347 e. The number of halogens is 1. The van der Waals surface area contributed by atoms with Gasteiger partial charge in [0.05, 0.1) is 0 Å². The Hall–Kier alpha value is -1.55. The van der Waals surface area contributed by atoms with Crippen molar-refractivity contribution in [2.45, 2.75) is 6.92 Å².